The number of benzene rings is 3. The topological polar surface area (TPSA) is 84.9 Å². The highest BCUT2D eigenvalue weighted by molar-refractivity contribution is 7.89. The highest BCUT2D eigenvalue weighted by Crippen LogP contribution is 2.30. The van der Waals surface area contributed by atoms with E-state index in [-0.39, 0.29) is 9.92 Å². The van der Waals surface area contributed by atoms with Crippen LogP contribution < -0.4 is 14.8 Å². The normalized spacial score (nSPS) is 11.2. The summed E-state index contributed by atoms with van der Waals surface area (Å²) in [5.41, 5.74) is 0.426. The molecule has 1 N–H and O–H groups in total. The molecule has 3 aromatic carbocycles. The van der Waals surface area contributed by atoms with Crippen LogP contribution in [0.4, 0.5) is 5.69 Å². The Morgan fingerprint density at radius 1 is 1.00 bits per heavy atom. The molecular weight excluding hydrogens is 440 g/mol. The van der Waals surface area contributed by atoms with Crippen molar-refractivity contribution in [2.45, 2.75) is 4.90 Å². The summed E-state index contributed by atoms with van der Waals surface area (Å²) in [6.45, 7) is -0.397. The van der Waals surface area contributed by atoms with Gasteiger partial charge >= 0.3 is 0 Å². The number of nitrogens with one attached hydrogen (secondary N) is 1. The van der Waals surface area contributed by atoms with Crippen LogP contribution in [0.25, 0.3) is 0 Å². The fraction of sp³-hybridized carbons (Fsp3) is 0.136. The van der Waals surface area contributed by atoms with Crippen molar-refractivity contribution in [1.82, 2.24) is 4.31 Å². The Morgan fingerprint density at radius 3 is 2.35 bits per heavy atom. The molecule has 3 rings (SSSR count). The van der Waals surface area contributed by atoms with Crippen molar-refractivity contribution in [3.05, 3.63) is 77.8 Å². The van der Waals surface area contributed by atoms with E-state index in [0.29, 0.717) is 22.9 Å². The maximum atomic E-state index is 12.8. The quantitative estimate of drug-likeness (QED) is 0.538. The second-order valence-corrected chi connectivity index (χ2v) is 8.97. The zero-order valence-electron chi connectivity index (χ0n) is 16.9. The first-order valence-corrected chi connectivity index (χ1v) is 11.0. The van der Waals surface area contributed by atoms with Crippen LogP contribution in [0.15, 0.2) is 77.7 Å². The molecule has 162 valence electrons. The number of methoxy groups -OCH3 is 1. The van der Waals surface area contributed by atoms with Gasteiger partial charge in [-0.3, -0.25) is 4.79 Å². The number of anilines is 1. The number of hydrogen-bond acceptors (Lipinski definition) is 5. The van der Waals surface area contributed by atoms with Crippen LogP contribution in [0.2, 0.25) is 5.02 Å². The van der Waals surface area contributed by atoms with Gasteiger partial charge in [-0.2, -0.15) is 4.31 Å². The predicted molar refractivity (Wildman–Crippen MR) is 119 cm³/mol. The summed E-state index contributed by atoms with van der Waals surface area (Å²) < 4.78 is 37.4. The number of para-hydroxylation sites is 3. The number of rotatable bonds is 8. The lowest BCUT2D eigenvalue weighted by atomic mass is 10.3. The molecule has 0 radical (unpaired) electrons. The third-order valence-corrected chi connectivity index (χ3v) is 6.42. The zero-order valence-corrected chi connectivity index (χ0v) is 18.5. The Hall–Kier alpha value is -3.07. The Balaban J connectivity index is 1.71. The first-order valence-electron chi connectivity index (χ1n) is 9.23. The number of carbonyl (C=O) groups is 1. The van der Waals surface area contributed by atoms with E-state index >= 15 is 0 Å². The summed E-state index contributed by atoms with van der Waals surface area (Å²) in [7, 11) is -1.18. The van der Waals surface area contributed by atoms with Gasteiger partial charge in [0.25, 0.3) is 0 Å². The molecule has 0 atom stereocenters. The van der Waals surface area contributed by atoms with Crippen LogP contribution in [0, 0.1) is 0 Å². The Bertz CT molecular complexity index is 1170. The minimum absolute atomic E-state index is 0.0404. The van der Waals surface area contributed by atoms with Crippen LogP contribution in [-0.4, -0.2) is 39.3 Å². The lowest BCUT2D eigenvalue weighted by molar-refractivity contribution is -0.116. The SMILES string of the molecule is COc1ccc(S(=O)(=O)N(C)CC(=O)Nc2ccccc2Oc2ccccc2)cc1Cl. The molecule has 7 nitrogen and oxygen atoms in total. The molecule has 0 aliphatic heterocycles. The van der Waals surface area contributed by atoms with Gasteiger partial charge in [0.15, 0.2) is 5.75 Å². The third-order valence-electron chi connectivity index (χ3n) is 4.33. The van der Waals surface area contributed by atoms with Crippen molar-refractivity contribution < 1.29 is 22.7 Å². The first kappa shape index (κ1) is 22.6. The molecule has 9 heteroatoms. The number of likely N-dealkylation sites (N-methyl/N-ethyl adjacent to an activating group) is 1. The summed E-state index contributed by atoms with van der Waals surface area (Å²) in [6.07, 6.45) is 0. The predicted octanol–water partition coefficient (Wildman–Crippen LogP) is 4.40. The van der Waals surface area contributed by atoms with Crippen molar-refractivity contribution in [3.63, 3.8) is 0 Å². The number of sulfonamides is 1. The summed E-state index contributed by atoms with van der Waals surface area (Å²) in [4.78, 5) is 12.5. The standard InChI is InChI=1S/C22H21ClN2O5S/c1-25(31(27,28)17-12-13-20(29-2)18(23)14-17)15-22(26)24-19-10-6-7-11-21(19)30-16-8-4-3-5-9-16/h3-14H,15H2,1-2H3,(H,24,26). The number of ether oxygens (including phenoxy) is 2. The van der Waals surface area contributed by atoms with Crippen molar-refractivity contribution in [3.8, 4) is 17.2 Å². The van der Waals surface area contributed by atoms with E-state index in [9.17, 15) is 13.2 Å². The van der Waals surface area contributed by atoms with Crippen molar-refractivity contribution in [2.75, 3.05) is 26.0 Å². The Morgan fingerprint density at radius 2 is 1.68 bits per heavy atom. The van der Waals surface area contributed by atoms with Gasteiger partial charge in [-0.25, -0.2) is 8.42 Å². The van der Waals surface area contributed by atoms with Gasteiger partial charge in [0.1, 0.15) is 11.5 Å². The van der Waals surface area contributed by atoms with E-state index in [1.807, 2.05) is 18.2 Å². The van der Waals surface area contributed by atoms with Crippen LogP contribution in [0.5, 0.6) is 17.2 Å². The molecular formula is C22H21ClN2O5S. The summed E-state index contributed by atoms with van der Waals surface area (Å²) in [5.74, 6) is 0.889. The molecule has 0 aromatic heterocycles. The fourth-order valence-corrected chi connectivity index (χ4v) is 4.22. The van der Waals surface area contributed by atoms with E-state index in [1.165, 1.54) is 32.4 Å². The first-order chi connectivity index (χ1) is 14.8. The van der Waals surface area contributed by atoms with Gasteiger partial charge in [0.05, 0.1) is 29.3 Å². The van der Waals surface area contributed by atoms with Crippen molar-refractivity contribution in [1.29, 1.82) is 0 Å². The second-order valence-electron chi connectivity index (χ2n) is 6.52. The number of nitrogens with zero attached hydrogens (tertiary/aromatic N) is 1. The molecule has 31 heavy (non-hydrogen) atoms. The molecule has 0 spiro atoms. The van der Waals surface area contributed by atoms with E-state index < -0.39 is 22.5 Å². The number of halogens is 1. The number of hydrogen-bond donors (Lipinski definition) is 1. The lowest BCUT2D eigenvalue weighted by Gasteiger charge is -2.18. The van der Waals surface area contributed by atoms with Gasteiger partial charge in [0.2, 0.25) is 15.9 Å². The highest BCUT2D eigenvalue weighted by atomic mass is 35.5. The van der Waals surface area contributed by atoms with Crippen LogP contribution >= 0.6 is 11.6 Å². The molecule has 0 unspecified atom stereocenters. The number of amides is 1. The van der Waals surface area contributed by atoms with Crippen molar-refractivity contribution >= 4 is 33.2 Å². The monoisotopic (exact) mass is 460 g/mol. The molecule has 3 aromatic rings. The Labute approximate surface area is 186 Å². The molecule has 0 saturated carbocycles. The van der Waals surface area contributed by atoms with Gasteiger partial charge in [0, 0.05) is 7.05 Å². The Kier molecular flexibility index (Phi) is 7.17. The van der Waals surface area contributed by atoms with Gasteiger partial charge in [-0.15, -0.1) is 0 Å². The van der Waals surface area contributed by atoms with Crippen LogP contribution in [-0.2, 0) is 14.8 Å². The maximum absolute atomic E-state index is 12.8. The second kappa shape index (κ2) is 9.82. The molecule has 0 saturated heterocycles. The largest absolute Gasteiger partial charge is 0.495 e. The molecule has 1 amide bonds. The molecule has 0 aliphatic rings. The van der Waals surface area contributed by atoms with E-state index in [2.05, 4.69) is 5.32 Å². The molecule has 0 heterocycles. The summed E-state index contributed by atoms with van der Waals surface area (Å²) >= 11 is 6.04. The minimum Gasteiger partial charge on any atom is -0.495 e. The summed E-state index contributed by atoms with van der Waals surface area (Å²) in [6, 6.07) is 20.1. The van der Waals surface area contributed by atoms with E-state index in [0.717, 1.165) is 4.31 Å². The third kappa shape index (κ3) is 5.55. The molecule has 0 bridgehead atoms. The van der Waals surface area contributed by atoms with Crippen LogP contribution in [0.1, 0.15) is 0 Å². The van der Waals surface area contributed by atoms with Crippen molar-refractivity contribution in [2.24, 2.45) is 0 Å². The van der Waals surface area contributed by atoms with Crippen LogP contribution in [0.3, 0.4) is 0 Å². The smallest absolute Gasteiger partial charge is 0.243 e. The molecule has 0 fully saturated rings. The fourth-order valence-electron chi connectivity index (χ4n) is 2.74. The highest BCUT2D eigenvalue weighted by Gasteiger charge is 2.24. The lowest BCUT2D eigenvalue weighted by Crippen LogP contribution is -2.35. The van der Waals surface area contributed by atoms with Gasteiger partial charge < -0.3 is 14.8 Å². The maximum Gasteiger partial charge on any atom is 0.243 e. The molecule has 0 aliphatic carbocycles. The van der Waals surface area contributed by atoms with E-state index in [4.69, 9.17) is 21.1 Å². The minimum atomic E-state index is -3.93. The number of carbonyl (C=O) groups excluding carboxylic acids is 1. The van der Waals surface area contributed by atoms with E-state index in [1.54, 1.807) is 36.4 Å². The average Bonchev–Trinajstić information content (AvgIpc) is 2.75. The van der Waals surface area contributed by atoms with Gasteiger partial charge in [-0.1, -0.05) is 41.9 Å². The summed E-state index contributed by atoms with van der Waals surface area (Å²) in [5, 5.41) is 2.86. The van der Waals surface area contributed by atoms with Gasteiger partial charge in [-0.05, 0) is 42.5 Å². The zero-order chi connectivity index (χ0) is 22.4. The average molecular weight is 461 g/mol.